The van der Waals surface area contributed by atoms with Gasteiger partial charge in [0.15, 0.2) is 30.2 Å². The Morgan fingerprint density at radius 1 is 0.542 bits per heavy atom. The molecule has 1 aliphatic carbocycles. The van der Waals surface area contributed by atoms with E-state index in [-0.39, 0.29) is 22.6 Å². The SMILES string of the molecule is CC(C)(C)OC(=O)C1(S(=O)(=O)c2ccc(-c3ccc(CCC(F)(F)C(F)(F)F)cc3)cc2)CCN(C2CC2)CC1.CC(C)(C)OC(=O)CS(=O)(=O)c1ccc(-c2ccc(CCC(F)(F)C(F)(F)F)cc2)cc1. The minimum Gasteiger partial charge on any atom is -0.459 e. The number of carbonyl (C=O) groups is 2. The van der Waals surface area contributed by atoms with Gasteiger partial charge in [0.05, 0.1) is 9.79 Å². The molecule has 9 nitrogen and oxygen atoms in total. The summed E-state index contributed by atoms with van der Waals surface area (Å²) in [6, 6.07) is 24.2. The number of likely N-dealkylation sites (tertiary alicyclic amines) is 1. The predicted octanol–water partition coefficient (Wildman–Crippen LogP) is 12.2. The third-order valence-corrected chi connectivity index (χ3v) is 16.0. The van der Waals surface area contributed by atoms with E-state index >= 15 is 0 Å². The fourth-order valence-corrected chi connectivity index (χ4v) is 10.8. The number of benzene rings is 4. The average Bonchev–Trinajstić information content (AvgIpc) is 4.12. The summed E-state index contributed by atoms with van der Waals surface area (Å²) < 4.78 is 188. The van der Waals surface area contributed by atoms with E-state index < -0.39 is 103 Å². The maximum absolute atomic E-state index is 14.0. The first kappa shape index (κ1) is 57.9. The number of piperidine rings is 1. The van der Waals surface area contributed by atoms with E-state index in [0.717, 1.165) is 12.8 Å². The Kier molecular flexibility index (Phi) is 17.2. The summed E-state index contributed by atoms with van der Waals surface area (Å²) >= 11 is 0. The number of hydrogen-bond acceptors (Lipinski definition) is 9. The molecule has 0 atom stereocenters. The molecule has 6 rings (SSSR count). The van der Waals surface area contributed by atoms with E-state index in [2.05, 4.69) is 4.90 Å². The van der Waals surface area contributed by atoms with Crippen LogP contribution in [0.15, 0.2) is 107 Å². The summed E-state index contributed by atoms with van der Waals surface area (Å²) in [4.78, 5) is 27.4. The highest BCUT2D eigenvalue weighted by Crippen LogP contribution is 2.43. The van der Waals surface area contributed by atoms with Crippen molar-refractivity contribution < 1.29 is 79.8 Å². The zero-order valence-electron chi connectivity index (χ0n) is 40.4. The number of rotatable bonds is 15. The van der Waals surface area contributed by atoms with Crippen molar-refractivity contribution in [1.82, 2.24) is 4.90 Å². The van der Waals surface area contributed by atoms with Gasteiger partial charge in [-0.3, -0.25) is 9.59 Å². The molecule has 0 N–H and O–H groups in total. The van der Waals surface area contributed by atoms with Gasteiger partial charge in [-0.15, -0.1) is 0 Å². The van der Waals surface area contributed by atoms with Gasteiger partial charge in [-0.1, -0.05) is 72.8 Å². The second kappa shape index (κ2) is 21.4. The largest absolute Gasteiger partial charge is 0.459 e. The quantitative estimate of drug-likeness (QED) is 0.0845. The van der Waals surface area contributed by atoms with Crippen molar-refractivity contribution in [3.05, 3.63) is 108 Å². The molecular formula is C51H57F10NO8S2. The van der Waals surface area contributed by atoms with Gasteiger partial charge in [-0.05, 0) is 138 Å². The first-order valence-electron chi connectivity index (χ1n) is 22.9. The highest BCUT2D eigenvalue weighted by Gasteiger charge is 2.58. The molecule has 396 valence electrons. The lowest BCUT2D eigenvalue weighted by Crippen LogP contribution is -2.56. The van der Waals surface area contributed by atoms with Crippen molar-refractivity contribution in [3.63, 3.8) is 0 Å². The van der Waals surface area contributed by atoms with Crippen LogP contribution in [0.1, 0.15) is 91.2 Å². The summed E-state index contributed by atoms with van der Waals surface area (Å²) in [5.41, 5.74) is 1.45. The van der Waals surface area contributed by atoms with Crippen LogP contribution in [-0.4, -0.2) is 98.7 Å². The van der Waals surface area contributed by atoms with Crippen LogP contribution >= 0.6 is 0 Å². The van der Waals surface area contributed by atoms with Crippen LogP contribution in [0.5, 0.6) is 0 Å². The lowest BCUT2D eigenvalue weighted by Gasteiger charge is -2.40. The monoisotopic (exact) mass is 1070 g/mol. The predicted molar refractivity (Wildman–Crippen MR) is 250 cm³/mol. The number of halogens is 10. The number of alkyl halides is 10. The van der Waals surface area contributed by atoms with E-state index in [1.54, 1.807) is 77.9 Å². The molecule has 1 saturated heterocycles. The summed E-state index contributed by atoms with van der Waals surface area (Å²) in [5, 5.41) is 0. The van der Waals surface area contributed by atoms with E-state index in [9.17, 15) is 70.3 Å². The van der Waals surface area contributed by atoms with Gasteiger partial charge in [0.1, 0.15) is 11.2 Å². The van der Waals surface area contributed by atoms with Gasteiger partial charge < -0.3 is 14.4 Å². The highest BCUT2D eigenvalue weighted by atomic mass is 32.2. The molecule has 1 aliphatic heterocycles. The zero-order valence-corrected chi connectivity index (χ0v) is 42.0. The third kappa shape index (κ3) is 14.8. The van der Waals surface area contributed by atoms with Crippen LogP contribution in [0, 0.1) is 0 Å². The fraction of sp³-hybridized carbons (Fsp3) is 0.490. The Morgan fingerprint density at radius 2 is 0.889 bits per heavy atom. The Bertz CT molecular complexity index is 2720. The van der Waals surface area contributed by atoms with Gasteiger partial charge >= 0.3 is 36.1 Å². The van der Waals surface area contributed by atoms with Gasteiger partial charge in [-0.2, -0.15) is 43.9 Å². The van der Waals surface area contributed by atoms with E-state index in [1.807, 2.05) is 0 Å². The number of nitrogens with zero attached hydrogens (tertiary/aromatic N) is 1. The summed E-state index contributed by atoms with van der Waals surface area (Å²) in [6.07, 6.45) is -12.3. The molecule has 0 unspecified atom stereocenters. The van der Waals surface area contributed by atoms with Crippen molar-refractivity contribution >= 4 is 31.6 Å². The molecule has 1 heterocycles. The molecule has 0 spiro atoms. The minimum atomic E-state index is -5.59. The molecule has 2 aliphatic rings. The zero-order chi connectivity index (χ0) is 53.9. The minimum absolute atomic E-state index is 0.00650. The topological polar surface area (TPSA) is 124 Å². The van der Waals surface area contributed by atoms with E-state index in [4.69, 9.17) is 9.47 Å². The molecule has 0 radical (unpaired) electrons. The molecule has 0 bridgehead atoms. The number of esters is 2. The fourth-order valence-electron chi connectivity index (χ4n) is 7.77. The Balaban J connectivity index is 0.000000275. The summed E-state index contributed by atoms with van der Waals surface area (Å²) in [7, 11) is -8.04. The molecule has 0 amide bonds. The van der Waals surface area contributed by atoms with E-state index in [0.29, 0.717) is 52.5 Å². The molecular weight excluding hydrogens is 1010 g/mol. The van der Waals surface area contributed by atoms with Crippen molar-refractivity contribution in [2.75, 3.05) is 18.8 Å². The number of aryl methyl sites for hydroxylation is 2. The lowest BCUT2D eigenvalue weighted by atomic mass is 9.95. The normalized spacial score (nSPS) is 16.3. The van der Waals surface area contributed by atoms with Crippen LogP contribution in [0.2, 0.25) is 0 Å². The summed E-state index contributed by atoms with van der Waals surface area (Å²) in [5.74, 6) is -11.9. The van der Waals surface area contributed by atoms with E-state index in [1.165, 1.54) is 60.7 Å². The first-order chi connectivity index (χ1) is 33.0. The highest BCUT2D eigenvalue weighted by molar-refractivity contribution is 7.93. The third-order valence-electron chi connectivity index (χ3n) is 11.9. The van der Waals surface area contributed by atoms with Gasteiger partial charge in [-0.25, -0.2) is 16.8 Å². The van der Waals surface area contributed by atoms with Gasteiger partial charge in [0.25, 0.3) is 0 Å². The standard InChI is InChI=1S/C29H34F5NO4S.C22H23F5O4S/c1-26(2,3)39-25(36)27(16-18-35(19-17-27)23-10-11-23)40(37,38)24-12-8-22(9-13-24)21-6-4-20(5-7-21)14-15-28(30,31)29(32,33)34;1-20(2,3)31-19(28)14-32(29,30)18-10-8-17(9-11-18)16-6-4-15(5-7-16)12-13-21(23,24)22(25,26)27/h4-9,12-13,23H,10-11,14-19H2,1-3H3;4-11H,12-14H2,1-3H3. The van der Waals surface area contributed by atoms with Crippen molar-refractivity contribution in [3.8, 4) is 22.3 Å². The Hall–Kier alpha value is -5.02. The second-order valence-corrected chi connectivity index (χ2v) is 24.2. The number of ether oxygens (including phenoxy) is 2. The molecule has 4 aromatic rings. The smallest absolute Gasteiger partial charge is 0.453 e. The second-order valence-electron chi connectivity index (χ2n) is 20.0. The number of sulfone groups is 2. The number of hydrogen-bond donors (Lipinski definition) is 0. The van der Waals surface area contributed by atoms with Crippen LogP contribution in [0.25, 0.3) is 22.3 Å². The van der Waals surface area contributed by atoms with Crippen LogP contribution < -0.4 is 0 Å². The number of carbonyl (C=O) groups excluding carboxylic acids is 2. The lowest BCUT2D eigenvalue weighted by molar-refractivity contribution is -0.284. The molecule has 1 saturated carbocycles. The molecule has 72 heavy (non-hydrogen) atoms. The van der Waals surface area contributed by atoms with Gasteiger partial charge in [0.2, 0.25) is 0 Å². The summed E-state index contributed by atoms with van der Waals surface area (Å²) in [6.45, 7) is 11.0. The maximum atomic E-state index is 14.0. The molecule has 4 aromatic carbocycles. The van der Waals surface area contributed by atoms with Gasteiger partial charge in [0, 0.05) is 32.0 Å². The van der Waals surface area contributed by atoms with Crippen molar-refractivity contribution in [2.45, 2.75) is 149 Å². The van der Waals surface area contributed by atoms with Crippen LogP contribution in [0.3, 0.4) is 0 Å². The molecule has 2 fully saturated rings. The molecule has 21 heteroatoms. The Morgan fingerprint density at radius 3 is 1.22 bits per heavy atom. The van der Waals surface area contributed by atoms with Crippen molar-refractivity contribution in [2.24, 2.45) is 0 Å². The molecule has 0 aromatic heterocycles. The maximum Gasteiger partial charge on any atom is 0.453 e. The van der Waals surface area contributed by atoms with Crippen LogP contribution in [0.4, 0.5) is 43.9 Å². The Labute approximate surface area is 413 Å². The average molecular weight is 1070 g/mol. The van der Waals surface area contributed by atoms with Crippen LogP contribution in [-0.2, 0) is 51.6 Å². The van der Waals surface area contributed by atoms with Crippen molar-refractivity contribution in [1.29, 1.82) is 0 Å². The first-order valence-corrected chi connectivity index (χ1v) is 26.0.